The highest BCUT2D eigenvalue weighted by Gasteiger charge is 2.11. The molecule has 11 heteroatoms. The number of carbonyl (C=O) groups is 2. The van der Waals surface area contributed by atoms with Crippen molar-refractivity contribution in [3.8, 4) is 5.75 Å². The molecule has 42 heavy (non-hydrogen) atoms. The summed E-state index contributed by atoms with van der Waals surface area (Å²) in [6.07, 6.45) is 5.94. The van der Waals surface area contributed by atoms with E-state index in [1.165, 1.54) is 6.33 Å². The highest BCUT2D eigenvalue weighted by molar-refractivity contribution is 6.03. The number of fused-ring (bicyclic) bond motifs is 1. The van der Waals surface area contributed by atoms with Crippen molar-refractivity contribution in [3.63, 3.8) is 0 Å². The van der Waals surface area contributed by atoms with Crippen LogP contribution in [0.15, 0.2) is 85.3 Å². The molecule has 1 aliphatic heterocycles. The van der Waals surface area contributed by atoms with Gasteiger partial charge in [0.25, 0.3) is 0 Å². The van der Waals surface area contributed by atoms with Gasteiger partial charge in [-0.15, -0.1) is 0 Å². The summed E-state index contributed by atoms with van der Waals surface area (Å²) in [6.45, 7) is 4.84. The van der Waals surface area contributed by atoms with Crippen LogP contribution in [-0.2, 0) is 25.7 Å². The van der Waals surface area contributed by atoms with Crippen molar-refractivity contribution >= 4 is 40.1 Å². The summed E-state index contributed by atoms with van der Waals surface area (Å²) in [5.41, 5.74) is 2.49. The third kappa shape index (κ3) is 8.56. The zero-order valence-corrected chi connectivity index (χ0v) is 23.1. The monoisotopic (exact) mass is 568 g/mol. The number of esters is 1. The largest absolute Gasteiger partial charge is 0.489 e. The van der Waals surface area contributed by atoms with Crippen LogP contribution in [0.1, 0.15) is 12.0 Å². The van der Waals surface area contributed by atoms with Crippen molar-refractivity contribution < 1.29 is 23.8 Å². The van der Waals surface area contributed by atoms with E-state index in [4.69, 9.17) is 14.2 Å². The van der Waals surface area contributed by atoms with Crippen LogP contribution in [0.2, 0.25) is 0 Å². The summed E-state index contributed by atoms with van der Waals surface area (Å²) in [5.74, 6) is 0.501. The summed E-state index contributed by atoms with van der Waals surface area (Å²) in [6, 6.07) is 19.2. The molecule has 4 aromatic rings. The van der Waals surface area contributed by atoms with Crippen molar-refractivity contribution in [1.29, 1.82) is 0 Å². The highest BCUT2D eigenvalue weighted by Crippen LogP contribution is 2.26. The normalized spacial score (nSPS) is 13.6. The van der Waals surface area contributed by atoms with Crippen molar-refractivity contribution in [3.05, 3.63) is 90.9 Å². The van der Waals surface area contributed by atoms with Crippen LogP contribution in [0.3, 0.4) is 0 Å². The lowest BCUT2D eigenvalue weighted by molar-refractivity contribution is -0.138. The Morgan fingerprint density at radius 1 is 0.976 bits per heavy atom. The van der Waals surface area contributed by atoms with Gasteiger partial charge in [0, 0.05) is 42.9 Å². The Balaban J connectivity index is 1.13. The number of anilines is 3. The summed E-state index contributed by atoms with van der Waals surface area (Å²) < 4.78 is 16.4. The van der Waals surface area contributed by atoms with Crippen LogP contribution in [0.25, 0.3) is 10.9 Å². The van der Waals surface area contributed by atoms with Gasteiger partial charge in [0.1, 0.15) is 30.3 Å². The first-order valence-corrected chi connectivity index (χ1v) is 13.7. The quantitative estimate of drug-likeness (QED) is 0.146. The third-order valence-corrected chi connectivity index (χ3v) is 6.48. The van der Waals surface area contributed by atoms with Crippen LogP contribution >= 0.6 is 0 Å². The first kappa shape index (κ1) is 28.7. The molecular formula is C31H32N6O5. The number of carbonyl (C=O) groups excluding carboxylic acids is 2. The van der Waals surface area contributed by atoms with Gasteiger partial charge in [-0.1, -0.05) is 30.3 Å². The Hall–Kier alpha value is -4.87. The lowest BCUT2D eigenvalue weighted by Crippen LogP contribution is -2.37. The van der Waals surface area contributed by atoms with Crippen LogP contribution in [0, 0.1) is 0 Å². The summed E-state index contributed by atoms with van der Waals surface area (Å²) in [4.78, 5) is 39.6. The van der Waals surface area contributed by atoms with Crippen molar-refractivity contribution in [2.45, 2.75) is 13.0 Å². The Morgan fingerprint density at radius 2 is 1.79 bits per heavy atom. The maximum atomic E-state index is 12.4. The zero-order chi connectivity index (χ0) is 29.0. The van der Waals surface area contributed by atoms with E-state index < -0.39 is 11.9 Å². The minimum Gasteiger partial charge on any atom is -0.489 e. The fraction of sp³-hybridized carbons (Fsp3) is 0.258. The van der Waals surface area contributed by atoms with E-state index in [1.54, 1.807) is 12.3 Å². The van der Waals surface area contributed by atoms with Crippen molar-refractivity contribution in [2.24, 2.45) is 0 Å². The molecule has 0 radical (unpaired) electrons. The number of morpholine rings is 1. The zero-order valence-electron chi connectivity index (χ0n) is 23.1. The van der Waals surface area contributed by atoms with Gasteiger partial charge in [-0.25, -0.2) is 19.7 Å². The number of benzene rings is 2. The van der Waals surface area contributed by atoms with Gasteiger partial charge < -0.3 is 24.8 Å². The van der Waals surface area contributed by atoms with Crippen LogP contribution in [-0.4, -0.2) is 71.2 Å². The minimum absolute atomic E-state index is 0.285. The van der Waals surface area contributed by atoms with Gasteiger partial charge in [-0.3, -0.25) is 9.69 Å². The van der Waals surface area contributed by atoms with Gasteiger partial charge in [-0.05, 0) is 42.3 Å². The lowest BCUT2D eigenvalue weighted by atomic mass is 10.2. The molecule has 0 saturated carbocycles. The molecule has 2 aromatic heterocycles. The highest BCUT2D eigenvalue weighted by atomic mass is 16.5. The molecule has 1 amide bonds. The van der Waals surface area contributed by atoms with Crippen LogP contribution in [0.5, 0.6) is 5.75 Å². The van der Waals surface area contributed by atoms with E-state index in [0.717, 1.165) is 68.4 Å². The fourth-order valence-corrected chi connectivity index (χ4v) is 4.28. The van der Waals surface area contributed by atoms with E-state index in [1.807, 2.05) is 54.6 Å². The third-order valence-electron chi connectivity index (χ3n) is 6.48. The topological polar surface area (TPSA) is 128 Å². The molecule has 2 aromatic carbocycles. The number of aromatic nitrogens is 3. The van der Waals surface area contributed by atoms with Crippen molar-refractivity contribution in [1.82, 2.24) is 19.9 Å². The Morgan fingerprint density at radius 3 is 2.60 bits per heavy atom. The van der Waals surface area contributed by atoms with Crippen LogP contribution in [0.4, 0.5) is 17.3 Å². The van der Waals surface area contributed by atoms with Gasteiger partial charge in [-0.2, -0.15) is 0 Å². The molecule has 0 atom stereocenters. The first-order valence-electron chi connectivity index (χ1n) is 13.7. The molecule has 0 aliphatic carbocycles. The average Bonchev–Trinajstić information content (AvgIpc) is 3.03. The van der Waals surface area contributed by atoms with Crippen molar-refractivity contribution in [2.75, 3.05) is 50.1 Å². The average molecular weight is 569 g/mol. The fourth-order valence-electron chi connectivity index (χ4n) is 4.28. The van der Waals surface area contributed by atoms with Crippen LogP contribution < -0.4 is 15.4 Å². The number of ether oxygens (including phenoxy) is 3. The lowest BCUT2D eigenvalue weighted by Gasteiger charge is -2.26. The van der Waals surface area contributed by atoms with E-state index >= 15 is 0 Å². The number of hydrogen-bond donors (Lipinski definition) is 2. The minimum atomic E-state index is -0.574. The number of pyridine rings is 1. The van der Waals surface area contributed by atoms with E-state index in [2.05, 4.69) is 30.5 Å². The number of nitrogens with one attached hydrogen (secondary N) is 2. The molecule has 0 spiro atoms. The van der Waals surface area contributed by atoms with Gasteiger partial charge in [0.15, 0.2) is 0 Å². The summed E-state index contributed by atoms with van der Waals surface area (Å²) in [5, 5.41) is 6.61. The summed E-state index contributed by atoms with van der Waals surface area (Å²) >= 11 is 0. The standard InChI is InChI=1S/C31H32N6O5/c38-29(11-12-30(39)41-16-4-13-37-14-17-40-18-15-37)36-28-19-26-27(20-32-28)33-22-34-31(26)35-24-7-9-25(10-8-24)42-21-23-5-2-1-3-6-23/h1-3,5-12,19-20,22H,4,13-18,21H2,(H,32,36,38)(H,33,34,35). The predicted octanol–water partition coefficient (Wildman–Crippen LogP) is 4.11. The molecule has 1 saturated heterocycles. The molecule has 11 nitrogen and oxygen atoms in total. The van der Waals surface area contributed by atoms with E-state index in [9.17, 15) is 9.59 Å². The molecule has 1 fully saturated rings. The second-order valence-corrected chi connectivity index (χ2v) is 9.53. The molecule has 1 aliphatic rings. The number of amides is 1. The Kier molecular flexibility index (Phi) is 10.0. The Bertz CT molecular complexity index is 1510. The molecule has 0 unspecified atom stereocenters. The molecular weight excluding hydrogens is 536 g/mol. The second-order valence-electron chi connectivity index (χ2n) is 9.53. The maximum Gasteiger partial charge on any atom is 0.330 e. The summed E-state index contributed by atoms with van der Waals surface area (Å²) in [7, 11) is 0. The first-order chi connectivity index (χ1) is 20.6. The number of nitrogens with zero attached hydrogens (tertiary/aromatic N) is 4. The smallest absolute Gasteiger partial charge is 0.330 e. The molecule has 3 heterocycles. The maximum absolute atomic E-state index is 12.4. The predicted molar refractivity (Wildman–Crippen MR) is 158 cm³/mol. The van der Waals surface area contributed by atoms with E-state index in [-0.39, 0.29) is 6.61 Å². The van der Waals surface area contributed by atoms with Gasteiger partial charge in [0.2, 0.25) is 5.91 Å². The molecule has 2 N–H and O–H groups in total. The van der Waals surface area contributed by atoms with Gasteiger partial charge >= 0.3 is 5.97 Å². The van der Waals surface area contributed by atoms with E-state index in [0.29, 0.717) is 29.1 Å². The number of hydrogen-bond acceptors (Lipinski definition) is 10. The second kappa shape index (κ2) is 14.7. The molecule has 216 valence electrons. The Labute approximate surface area is 243 Å². The molecule has 0 bridgehead atoms. The number of rotatable bonds is 12. The molecule has 5 rings (SSSR count). The SMILES string of the molecule is O=C(C=CC(=O)OCCCN1CCOCC1)Nc1cc2c(Nc3ccc(OCc4ccccc4)cc3)ncnc2cn1. The van der Waals surface area contributed by atoms with Gasteiger partial charge in [0.05, 0.1) is 31.5 Å².